The summed E-state index contributed by atoms with van der Waals surface area (Å²) in [6.45, 7) is 2.78. The maximum Gasteiger partial charge on any atom is 0.222 e. The molecule has 0 radical (unpaired) electrons. The molecule has 1 unspecified atom stereocenters. The largest absolute Gasteiger partial charge is 0.396 e. The van der Waals surface area contributed by atoms with Gasteiger partial charge in [-0.1, -0.05) is 19.1 Å². The Morgan fingerprint density at radius 3 is 3.09 bits per heavy atom. The molecule has 1 amide bonds. The number of rotatable bonds is 2. The van der Waals surface area contributed by atoms with Crippen LogP contribution in [0.15, 0.2) is 24.4 Å². The first-order valence-electron chi connectivity index (χ1n) is 8.22. The Morgan fingerprint density at radius 2 is 2.32 bits per heavy atom. The van der Waals surface area contributed by atoms with Crippen molar-refractivity contribution in [1.29, 1.82) is 0 Å². The molecule has 2 heterocycles. The fourth-order valence-electron chi connectivity index (χ4n) is 4.41. The first-order valence-corrected chi connectivity index (χ1v) is 8.22. The Bertz CT molecular complexity index is 721. The van der Waals surface area contributed by atoms with Gasteiger partial charge >= 0.3 is 0 Å². The average Bonchev–Trinajstić information content (AvgIpc) is 2.98. The van der Waals surface area contributed by atoms with E-state index in [9.17, 15) is 9.90 Å². The summed E-state index contributed by atoms with van der Waals surface area (Å²) >= 11 is 0. The predicted molar refractivity (Wildman–Crippen MR) is 85.7 cm³/mol. The second-order valence-corrected chi connectivity index (χ2v) is 6.65. The van der Waals surface area contributed by atoms with Gasteiger partial charge in [-0.05, 0) is 30.0 Å². The molecule has 2 aliphatic rings. The summed E-state index contributed by atoms with van der Waals surface area (Å²) in [5, 5.41) is 11.0. The van der Waals surface area contributed by atoms with E-state index in [4.69, 9.17) is 0 Å². The predicted octanol–water partition coefficient (Wildman–Crippen LogP) is 2.43. The van der Waals surface area contributed by atoms with E-state index in [1.807, 2.05) is 11.8 Å². The maximum absolute atomic E-state index is 12.4. The Balaban J connectivity index is 1.82. The molecule has 3 atom stereocenters. The molecule has 1 saturated heterocycles. The molecule has 22 heavy (non-hydrogen) atoms. The highest BCUT2D eigenvalue weighted by atomic mass is 16.3. The SMILES string of the molecule is CCC(=O)N1CC(CO)C[C@H]2c3cccc4[nH]cc(c34)C[C@@H]21. The number of nitrogens with zero attached hydrogens (tertiary/aromatic N) is 1. The molecule has 1 aromatic carbocycles. The van der Waals surface area contributed by atoms with Crippen LogP contribution in [0.4, 0.5) is 0 Å². The van der Waals surface area contributed by atoms with Crippen LogP contribution in [0.5, 0.6) is 0 Å². The summed E-state index contributed by atoms with van der Waals surface area (Å²) in [6.07, 6.45) is 4.52. The summed E-state index contributed by atoms with van der Waals surface area (Å²) in [6, 6.07) is 6.65. The van der Waals surface area contributed by atoms with E-state index < -0.39 is 0 Å². The summed E-state index contributed by atoms with van der Waals surface area (Å²) in [5.74, 6) is 0.736. The molecule has 0 bridgehead atoms. The number of aliphatic hydroxyl groups is 1. The van der Waals surface area contributed by atoms with Crippen LogP contribution in [-0.4, -0.2) is 40.1 Å². The molecule has 1 aliphatic carbocycles. The maximum atomic E-state index is 12.4. The Hall–Kier alpha value is -1.81. The van der Waals surface area contributed by atoms with Gasteiger partial charge < -0.3 is 15.0 Å². The molecule has 4 heteroatoms. The summed E-state index contributed by atoms with van der Waals surface area (Å²) in [5.41, 5.74) is 3.85. The quantitative estimate of drug-likeness (QED) is 0.894. The van der Waals surface area contributed by atoms with Gasteiger partial charge in [0.1, 0.15) is 0 Å². The molecule has 4 rings (SSSR count). The van der Waals surface area contributed by atoms with Crippen LogP contribution in [0.25, 0.3) is 10.9 Å². The lowest BCUT2D eigenvalue weighted by molar-refractivity contribution is -0.136. The Morgan fingerprint density at radius 1 is 1.45 bits per heavy atom. The van der Waals surface area contributed by atoms with Gasteiger partial charge in [-0.15, -0.1) is 0 Å². The number of likely N-dealkylation sites (tertiary alicyclic amines) is 1. The first kappa shape index (κ1) is 13.8. The van der Waals surface area contributed by atoms with Gasteiger partial charge in [-0.2, -0.15) is 0 Å². The standard InChI is InChI=1S/C18H22N2O2/c1-2-17(22)20-9-11(10-21)6-14-13-4-3-5-15-18(13)12(8-19-15)7-16(14)20/h3-5,8,11,14,16,19,21H,2,6-7,9-10H2,1H3/t11?,14-,16-/m0/s1. The third kappa shape index (κ3) is 1.90. The molecule has 0 saturated carbocycles. The van der Waals surface area contributed by atoms with Crippen LogP contribution in [-0.2, 0) is 11.2 Å². The van der Waals surface area contributed by atoms with Gasteiger partial charge in [0.05, 0.1) is 0 Å². The Kier molecular flexibility index (Phi) is 3.22. The highest BCUT2D eigenvalue weighted by Crippen LogP contribution is 2.44. The third-order valence-corrected chi connectivity index (χ3v) is 5.44. The third-order valence-electron chi connectivity index (χ3n) is 5.44. The molecule has 4 nitrogen and oxygen atoms in total. The van der Waals surface area contributed by atoms with Crippen LogP contribution in [0.2, 0.25) is 0 Å². The number of hydrogen-bond acceptors (Lipinski definition) is 2. The number of aromatic amines is 1. The normalized spacial score (nSPS) is 27.0. The van der Waals surface area contributed by atoms with Crippen LogP contribution >= 0.6 is 0 Å². The second kappa shape index (κ2) is 5.13. The molecule has 0 spiro atoms. The minimum Gasteiger partial charge on any atom is -0.396 e. The van der Waals surface area contributed by atoms with Gasteiger partial charge in [0, 0.05) is 54.5 Å². The highest BCUT2D eigenvalue weighted by molar-refractivity contribution is 5.89. The van der Waals surface area contributed by atoms with Crippen molar-refractivity contribution in [2.24, 2.45) is 5.92 Å². The van der Waals surface area contributed by atoms with Crippen molar-refractivity contribution < 1.29 is 9.90 Å². The number of piperidine rings is 1. The van der Waals surface area contributed by atoms with E-state index in [2.05, 4.69) is 29.4 Å². The summed E-state index contributed by atoms with van der Waals surface area (Å²) < 4.78 is 0. The smallest absolute Gasteiger partial charge is 0.222 e. The fourth-order valence-corrected chi connectivity index (χ4v) is 4.41. The lowest BCUT2D eigenvalue weighted by atomic mass is 9.72. The first-order chi connectivity index (χ1) is 10.7. The molecule has 2 aromatic rings. The zero-order valence-electron chi connectivity index (χ0n) is 12.9. The number of carbonyl (C=O) groups is 1. The van der Waals surface area contributed by atoms with Crippen molar-refractivity contribution in [2.45, 2.75) is 38.1 Å². The van der Waals surface area contributed by atoms with E-state index in [-0.39, 0.29) is 24.5 Å². The van der Waals surface area contributed by atoms with E-state index in [0.717, 1.165) is 12.8 Å². The average molecular weight is 298 g/mol. The zero-order chi connectivity index (χ0) is 15.3. The monoisotopic (exact) mass is 298 g/mol. The van der Waals surface area contributed by atoms with E-state index in [1.165, 1.54) is 22.0 Å². The number of hydrogen-bond donors (Lipinski definition) is 2. The van der Waals surface area contributed by atoms with Crippen LogP contribution in [0.3, 0.4) is 0 Å². The van der Waals surface area contributed by atoms with Gasteiger partial charge in [-0.3, -0.25) is 4.79 Å². The van der Waals surface area contributed by atoms with Crippen LogP contribution in [0.1, 0.15) is 36.8 Å². The minimum absolute atomic E-state index is 0.159. The van der Waals surface area contributed by atoms with Gasteiger partial charge in [0.15, 0.2) is 0 Å². The van der Waals surface area contributed by atoms with Gasteiger partial charge in [-0.25, -0.2) is 0 Å². The lowest BCUT2D eigenvalue weighted by Crippen LogP contribution is -2.53. The van der Waals surface area contributed by atoms with Crippen LogP contribution < -0.4 is 0 Å². The summed E-state index contributed by atoms with van der Waals surface area (Å²) in [7, 11) is 0. The number of carbonyl (C=O) groups excluding carboxylic acids is 1. The lowest BCUT2D eigenvalue weighted by Gasteiger charge is -2.46. The number of fused-ring (bicyclic) bond motifs is 2. The van der Waals surface area contributed by atoms with Gasteiger partial charge in [0.25, 0.3) is 0 Å². The van der Waals surface area contributed by atoms with E-state index in [1.54, 1.807) is 0 Å². The topological polar surface area (TPSA) is 56.3 Å². The highest BCUT2D eigenvalue weighted by Gasteiger charge is 2.41. The van der Waals surface area contributed by atoms with Crippen molar-refractivity contribution in [1.82, 2.24) is 9.88 Å². The molecular weight excluding hydrogens is 276 g/mol. The van der Waals surface area contributed by atoms with Gasteiger partial charge in [0.2, 0.25) is 5.91 Å². The number of nitrogens with one attached hydrogen (secondary N) is 1. The van der Waals surface area contributed by atoms with E-state index >= 15 is 0 Å². The number of amides is 1. The summed E-state index contributed by atoms with van der Waals surface area (Å²) in [4.78, 5) is 17.8. The van der Waals surface area contributed by atoms with Crippen molar-refractivity contribution in [3.8, 4) is 0 Å². The Labute approximate surface area is 130 Å². The number of aromatic nitrogens is 1. The van der Waals surface area contributed by atoms with E-state index in [0.29, 0.717) is 18.9 Å². The van der Waals surface area contributed by atoms with Crippen LogP contribution in [0, 0.1) is 5.92 Å². The molecule has 1 aromatic heterocycles. The molecule has 2 N–H and O–H groups in total. The van der Waals surface area contributed by atoms with Crippen molar-refractivity contribution >= 4 is 16.8 Å². The zero-order valence-corrected chi connectivity index (χ0v) is 12.9. The number of benzene rings is 1. The van der Waals surface area contributed by atoms with Crippen molar-refractivity contribution in [2.75, 3.05) is 13.2 Å². The molecule has 1 aliphatic heterocycles. The molecular formula is C18H22N2O2. The molecule has 116 valence electrons. The second-order valence-electron chi connectivity index (χ2n) is 6.65. The minimum atomic E-state index is 0.159. The van der Waals surface area contributed by atoms with Crippen molar-refractivity contribution in [3.05, 3.63) is 35.5 Å². The van der Waals surface area contributed by atoms with Crippen molar-refractivity contribution in [3.63, 3.8) is 0 Å². The molecule has 1 fully saturated rings. The number of H-pyrrole nitrogens is 1. The fraction of sp³-hybridized carbons (Fsp3) is 0.500. The number of aliphatic hydroxyl groups excluding tert-OH is 1.